The van der Waals surface area contributed by atoms with E-state index in [0.29, 0.717) is 11.6 Å². The van der Waals surface area contributed by atoms with Gasteiger partial charge in [-0.05, 0) is 51.7 Å². The molecule has 1 aromatic rings. The van der Waals surface area contributed by atoms with Crippen LogP contribution in [0.2, 0.25) is 0 Å². The lowest BCUT2D eigenvalue weighted by Crippen LogP contribution is -2.28. The van der Waals surface area contributed by atoms with Crippen LogP contribution in [0.25, 0.3) is 0 Å². The van der Waals surface area contributed by atoms with E-state index in [0.717, 1.165) is 12.8 Å². The van der Waals surface area contributed by atoms with Gasteiger partial charge >= 0.3 is 5.97 Å². The van der Waals surface area contributed by atoms with Crippen LogP contribution in [0.4, 0.5) is 0 Å². The maximum absolute atomic E-state index is 11.9. The number of rotatable bonds is 2. The third kappa shape index (κ3) is 4.10. The molecule has 0 aromatic carbocycles. The summed E-state index contributed by atoms with van der Waals surface area (Å²) in [4.78, 5) is 16.1. The van der Waals surface area contributed by atoms with Crippen LogP contribution in [0.3, 0.4) is 0 Å². The predicted octanol–water partition coefficient (Wildman–Crippen LogP) is 2.80. The highest BCUT2D eigenvalue weighted by molar-refractivity contribution is 5.75. The topological polar surface area (TPSA) is 39.2 Å². The highest BCUT2D eigenvalue weighted by Crippen LogP contribution is 2.35. The molecule has 3 heteroatoms. The van der Waals surface area contributed by atoms with Gasteiger partial charge in [0.2, 0.25) is 0 Å². The van der Waals surface area contributed by atoms with E-state index in [2.05, 4.69) is 16.8 Å². The van der Waals surface area contributed by atoms with E-state index in [1.807, 2.05) is 39.0 Å². The van der Waals surface area contributed by atoms with Crippen molar-refractivity contribution in [2.75, 3.05) is 0 Å². The van der Waals surface area contributed by atoms with Gasteiger partial charge in [-0.15, -0.1) is 0 Å². The molecule has 100 valence electrons. The monoisotopic (exact) mass is 257 g/mol. The Morgan fingerprint density at radius 1 is 1.42 bits per heavy atom. The molecule has 0 amide bonds. The Bertz CT molecular complexity index is 501. The van der Waals surface area contributed by atoms with Crippen LogP contribution < -0.4 is 0 Å². The zero-order valence-corrected chi connectivity index (χ0v) is 11.6. The van der Waals surface area contributed by atoms with E-state index in [1.54, 1.807) is 6.20 Å². The van der Waals surface area contributed by atoms with Crippen molar-refractivity contribution < 1.29 is 9.53 Å². The third-order valence-electron chi connectivity index (χ3n) is 2.90. The Morgan fingerprint density at radius 2 is 2.16 bits per heavy atom. The first-order chi connectivity index (χ1) is 8.97. The van der Waals surface area contributed by atoms with Crippen LogP contribution in [0.1, 0.15) is 39.3 Å². The van der Waals surface area contributed by atoms with Gasteiger partial charge in [0.15, 0.2) is 6.10 Å². The minimum Gasteiger partial charge on any atom is -0.448 e. The summed E-state index contributed by atoms with van der Waals surface area (Å²) in [7, 11) is 0. The molecule has 1 aliphatic rings. The number of nitrogens with zero attached hydrogens (tertiary/aromatic N) is 1. The van der Waals surface area contributed by atoms with E-state index in [4.69, 9.17) is 4.74 Å². The SMILES string of the molecule is CC(C)(C)C(=O)OC(C#Cc1ccccn1)C1CC1. The van der Waals surface area contributed by atoms with Crippen molar-refractivity contribution in [2.24, 2.45) is 11.3 Å². The number of hydrogen-bond donors (Lipinski definition) is 0. The molecule has 1 saturated carbocycles. The van der Waals surface area contributed by atoms with E-state index in [1.165, 1.54) is 0 Å². The fourth-order valence-corrected chi connectivity index (χ4v) is 1.52. The Balaban J connectivity index is 2.06. The first-order valence-corrected chi connectivity index (χ1v) is 6.60. The second-order valence-corrected chi connectivity index (χ2v) is 5.90. The van der Waals surface area contributed by atoms with Gasteiger partial charge in [-0.25, -0.2) is 4.98 Å². The molecule has 0 bridgehead atoms. The summed E-state index contributed by atoms with van der Waals surface area (Å²) in [6.45, 7) is 5.56. The Kier molecular flexibility index (Phi) is 3.90. The molecule has 2 rings (SSSR count). The first-order valence-electron chi connectivity index (χ1n) is 6.60. The number of carbonyl (C=O) groups excluding carboxylic acids is 1. The molecule has 0 saturated heterocycles. The minimum atomic E-state index is -0.486. The highest BCUT2D eigenvalue weighted by Gasteiger charge is 2.35. The zero-order chi connectivity index (χ0) is 13.9. The molecule has 1 aromatic heterocycles. The Hall–Kier alpha value is -1.82. The van der Waals surface area contributed by atoms with Crippen molar-refractivity contribution in [3.8, 4) is 11.8 Å². The van der Waals surface area contributed by atoms with Crippen LogP contribution in [0.15, 0.2) is 24.4 Å². The molecule has 1 aliphatic carbocycles. The van der Waals surface area contributed by atoms with Crippen LogP contribution >= 0.6 is 0 Å². The molecule has 1 fully saturated rings. The van der Waals surface area contributed by atoms with Gasteiger partial charge < -0.3 is 4.74 Å². The van der Waals surface area contributed by atoms with Crippen LogP contribution in [0, 0.1) is 23.2 Å². The number of pyridine rings is 1. The summed E-state index contributed by atoms with van der Waals surface area (Å²) < 4.78 is 5.52. The number of aromatic nitrogens is 1. The van der Waals surface area contributed by atoms with E-state index >= 15 is 0 Å². The quantitative estimate of drug-likeness (QED) is 0.604. The largest absolute Gasteiger partial charge is 0.448 e. The second-order valence-electron chi connectivity index (χ2n) is 5.90. The van der Waals surface area contributed by atoms with Crippen molar-refractivity contribution >= 4 is 5.97 Å². The summed E-state index contributed by atoms with van der Waals surface area (Å²) in [6.07, 6.45) is 3.57. The molecule has 0 radical (unpaired) electrons. The van der Waals surface area contributed by atoms with E-state index in [9.17, 15) is 4.79 Å². The lowest BCUT2D eigenvalue weighted by atomic mass is 9.97. The minimum absolute atomic E-state index is 0.195. The average molecular weight is 257 g/mol. The van der Waals surface area contributed by atoms with Crippen molar-refractivity contribution in [1.29, 1.82) is 0 Å². The van der Waals surface area contributed by atoms with Crippen LogP contribution in [0.5, 0.6) is 0 Å². The van der Waals surface area contributed by atoms with Gasteiger partial charge in [-0.3, -0.25) is 4.79 Å². The van der Waals surface area contributed by atoms with Crippen molar-refractivity contribution in [2.45, 2.75) is 39.7 Å². The van der Waals surface area contributed by atoms with E-state index in [-0.39, 0.29) is 12.1 Å². The molecule has 0 aliphatic heterocycles. The van der Waals surface area contributed by atoms with Gasteiger partial charge in [0.1, 0.15) is 5.69 Å². The number of esters is 1. The molecule has 1 atom stereocenters. The number of ether oxygens (including phenoxy) is 1. The molecule has 1 unspecified atom stereocenters. The molecule has 0 N–H and O–H groups in total. The standard InChI is InChI=1S/C16H19NO2/c1-16(2,3)15(18)19-14(12-7-8-12)10-9-13-6-4-5-11-17-13/h4-6,11-12,14H,7-8H2,1-3H3. The van der Waals surface area contributed by atoms with Crippen molar-refractivity contribution in [1.82, 2.24) is 4.98 Å². The highest BCUT2D eigenvalue weighted by atomic mass is 16.5. The second kappa shape index (κ2) is 5.44. The predicted molar refractivity (Wildman–Crippen MR) is 73.2 cm³/mol. The molecule has 1 heterocycles. The summed E-state index contributed by atoms with van der Waals surface area (Å²) >= 11 is 0. The summed E-state index contributed by atoms with van der Waals surface area (Å²) in [5.41, 5.74) is 0.222. The zero-order valence-electron chi connectivity index (χ0n) is 11.6. The lowest BCUT2D eigenvalue weighted by Gasteiger charge is -2.20. The molecular weight excluding hydrogens is 238 g/mol. The van der Waals surface area contributed by atoms with Gasteiger partial charge in [0, 0.05) is 12.1 Å². The summed E-state index contributed by atoms with van der Waals surface area (Å²) in [5, 5.41) is 0. The van der Waals surface area contributed by atoms with Crippen LogP contribution in [-0.4, -0.2) is 17.1 Å². The third-order valence-corrected chi connectivity index (χ3v) is 2.90. The summed E-state index contributed by atoms with van der Waals surface area (Å²) in [6, 6.07) is 5.59. The molecule has 19 heavy (non-hydrogen) atoms. The van der Waals surface area contributed by atoms with Gasteiger partial charge in [0.05, 0.1) is 5.41 Å². The fourth-order valence-electron chi connectivity index (χ4n) is 1.52. The molecular formula is C16H19NO2. The Morgan fingerprint density at radius 3 is 2.68 bits per heavy atom. The molecule has 3 nitrogen and oxygen atoms in total. The van der Waals surface area contributed by atoms with E-state index < -0.39 is 5.41 Å². The summed E-state index contributed by atoms with van der Waals surface area (Å²) in [5.74, 6) is 6.23. The smallest absolute Gasteiger partial charge is 0.312 e. The van der Waals surface area contributed by atoms with Crippen molar-refractivity contribution in [3.63, 3.8) is 0 Å². The maximum atomic E-state index is 11.9. The van der Waals surface area contributed by atoms with Gasteiger partial charge in [0.25, 0.3) is 0 Å². The Labute approximate surface area is 114 Å². The van der Waals surface area contributed by atoms with Crippen molar-refractivity contribution in [3.05, 3.63) is 30.1 Å². The normalized spacial score (nSPS) is 16.2. The molecule has 0 spiro atoms. The fraction of sp³-hybridized carbons (Fsp3) is 0.500. The number of hydrogen-bond acceptors (Lipinski definition) is 3. The maximum Gasteiger partial charge on any atom is 0.312 e. The number of carbonyl (C=O) groups is 1. The van der Waals surface area contributed by atoms with Gasteiger partial charge in [-0.2, -0.15) is 0 Å². The average Bonchev–Trinajstić information content (AvgIpc) is 3.18. The van der Waals surface area contributed by atoms with Crippen LogP contribution in [-0.2, 0) is 9.53 Å². The first kappa shape index (κ1) is 13.6. The lowest BCUT2D eigenvalue weighted by molar-refractivity contribution is -0.156. The van der Waals surface area contributed by atoms with Gasteiger partial charge in [-0.1, -0.05) is 12.0 Å².